The molecule has 13 heavy (non-hydrogen) atoms. The van der Waals surface area contributed by atoms with Crippen LogP contribution in [0.5, 0.6) is 0 Å². The zero-order valence-electron chi connectivity index (χ0n) is 7.98. The van der Waals surface area contributed by atoms with Crippen LogP contribution in [0.2, 0.25) is 0 Å². The summed E-state index contributed by atoms with van der Waals surface area (Å²) in [5.41, 5.74) is 0. The Morgan fingerprint density at radius 2 is 1.38 bits per heavy atom. The summed E-state index contributed by atoms with van der Waals surface area (Å²) in [6.45, 7) is 7.51. The first-order valence-corrected chi connectivity index (χ1v) is 2.22. The smallest absolute Gasteiger partial charge is 0 e. The van der Waals surface area contributed by atoms with E-state index in [1.54, 1.807) is 6.92 Å². The molecule has 0 aliphatic carbocycles. The van der Waals surface area contributed by atoms with Gasteiger partial charge in [-0.15, -0.1) is 0 Å². The van der Waals surface area contributed by atoms with Crippen LogP contribution in [0.4, 0.5) is 0 Å². The maximum Gasteiger partial charge on any atom is 0 e. The monoisotopic (exact) mass is 341 g/mol. The molecule has 0 saturated heterocycles. The van der Waals surface area contributed by atoms with Crippen LogP contribution in [0, 0.1) is 21.8 Å². The fraction of sp³-hybridized carbons (Fsp3) is 0.556. The van der Waals surface area contributed by atoms with E-state index in [1.807, 2.05) is 6.92 Å². The molecule has 0 aliphatic rings. The fourth-order valence-electron chi connectivity index (χ4n) is 0.0722. The van der Waals surface area contributed by atoms with Crippen molar-refractivity contribution >= 4 is 6.41 Å². The van der Waals surface area contributed by atoms with E-state index in [-0.39, 0.29) is 95.1 Å². The SMILES string of the molecule is C.C.CCN[C-]=O.[CH2-]C.[CH3-].[CH3-].[Y].[Y]. The van der Waals surface area contributed by atoms with Crippen LogP contribution < -0.4 is 5.32 Å². The van der Waals surface area contributed by atoms with Crippen molar-refractivity contribution < 1.29 is 70.2 Å². The fourth-order valence-corrected chi connectivity index (χ4v) is 0.0722. The van der Waals surface area contributed by atoms with Gasteiger partial charge < -0.3 is 31.9 Å². The van der Waals surface area contributed by atoms with Gasteiger partial charge in [0.1, 0.15) is 0 Å². The van der Waals surface area contributed by atoms with Crippen LogP contribution in [0.25, 0.3) is 0 Å². The maximum absolute atomic E-state index is 9.17. The first-order chi connectivity index (χ1) is 3.41. The van der Waals surface area contributed by atoms with Gasteiger partial charge in [0, 0.05) is 65.4 Å². The summed E-state index contributed by atoms with van der Waals surface area (Å²) in [5.74, 6) is 0. The third-order valence-electron chi connectivity index (χ3n) is 0.249. The molecule has 0 heterocycles. The standard InChI is InChI=1S/C3H6NO.C2H5.2CH4.2CH3.2Y/c1-2-4-3-5;1-2;;;;;;/h2H2,1H3,(H,4,5);1H2,2H3;2*1H4;2*1H3;;/q2*-1;;;2*-1;;. The van der Waals surface area contributed by atoms with Crippen LogP contribution >= 0.6 is 0 Å². The van der Waals surface area contributed by atoms with E-state index < -0.39 is 0 Å². The minimum atomic E-state index is 0. The molecule has 2 nitrogen and oxygen atoms in total. The van der Waals surface area contributed by atoms with E-state index in [9.17, 15) is 0 Å². The molecule has 0 unspecified atom stereocenters. The van der Waals surface area contributed by atoms with E-state index in [1.165, 1.54) is 6.41 Å². The van der Waals surface area contributed by atoms with Gasteiger partial charge in [-0.1, -0.05) is 21.8 Å². The topological polar surface area (TPSA) is 29.1 Å². The van der Waals surface area contributed by atoms with Gasteiger partial charge in [0.25, 0.3) is 0 Å². The first-order valence-electron chi connectivity index (χ1n) is 2.22. The molecule has 0 atom stereocenters. The van der Waals surface area contributed by atoms with Crippen LogP contribution in [0.15, 0.2) is 0 Å². The quantitative estimate of drug-likeness (QED) is 0.607. The minimum absolute atomic E-state index is 0. The summed E-state index contributed by atoms with van der Waals surface area (Å²) >= 11 is 0. The van der Waals surface area contributed by atoms with Crippen molar-refractivity contribution in [2.45, 2.75) is 28.7 Å². The molecule has 0 rings (SSSR count). The number of nitrogens with one attached hydrogen (secondary N) is 1. The first kappa shape index (κ1) is 61.6. The van der Waals surface area contributed by atoms with Crippen LogP contribution in [-0.2, 0) is 70.2 Å². The third kappa shape index (κ3) is 138. The molecule has 1 amide bonds. The molecule has 0 aliphatic heterocycles. The van der Waals surface area contributed by atoms with Crippen molar-refractivity contribution in [2.75, 3.05) is 6.54 Å². The van der Waals surface area contributed by atoms with Crippen LogP contribution in [-0.4, -0.2) is 13.0 Å². The van der Waals surface area contributed by atoms with Gasteiger partial charge in [-0.25, -0.2) is 0 Å². The van der Waals surface area contributed by atoms with E-state index in [0.717, 1.165) is 0 Å². The Morgan fingerprint density at radius 3 is 1.38 bits per heavy atom. The van der Waals surface area contributed by atoms with Crippen molar-refractivity contribution in [2.24, 2.45) is 0 Å². The largest absolute Gasteiger partial charge is 0.530 e. The number of hydrogen-bond acceptors (Lipinski definition) is 1. The average molecular weight is 341 g/mol. The van der Waals surface area contributed by atoms with Crippen LogP contribution in [0.3, 0.4) is 0 Å². The number of carbonyl (C=O) groups excluding carboxylic acids is 1. The van der Waals surface area contributed by atoms with Gasteiger partial charge in [-0.05, 0) is 6.54 Å². The predicted octanol–water partition coefficient (Wildman–Crippen LogP) is 2.67. The molecular weight excluding hydrogens is 316 g/mol. The molecule has 4 heteroatoms. The normalized spacial score (nSPS) is 3.00. The Labute approximate surface area is 137 Å². The molecule has 2 radical (unpaired) electrons. The van der Waals surface area contributed by atoms with Crippen molar-refractivity contribution in [1.82, 2.24) is 5.32 Å². The Bertz CT molecular complexity index is 38.8. The van der Waals surface area contributed by atoms with E-state index in [4.69, 9.17) is 4.79 Å². The van der Waals surface area contributed by atoms with Gasteiger partial charge in [0.2, 0.25) is 0 Å². The summed E-state index contributed by atoms with van der Waals surface area (Å²) in [7, 11) is 0. The molecule has 1 N–H and O–H groups in total. The average Bonchev–Trinajstić information content (AvgIpc) is 1.75. The Morgan fingerprint density at radius 1 is 1.15 bits per heavy atom. The van der Waals surface area contributed by atoms with Gasteiger partial charge >= 0.3 is 0 Å². The Hall–Kier alpha value is 1.68. The zero-order chi connectivity index (χ0) is 6.12. The molecule has 0 aromatic heterocycles. The van der Waals surface area contributed by atoms with E-state index in [0.29, 0.717) is 6.54 Å². The van der Waals surface area contributed by atoms with Crippen molar-refractivity contribution in [1.29, 1.82) is 0 Å². The second-order valence-corrected chi connectivity index (χ2v) is 0.632. The minimum Gasteiger partial charge on any atom is -0.530 e. The summed E-state index contributed by atoms with van der Waals surface area (Å²) in [5, 5.41) is 2.31. The van der Waals surface area contributed by atoms with Gasteiger partial charge in [-0.3, -0.25) is 0 Å². The van der Waals surface area contributed by atoms with Gasteiger partial charge in [0.15, 0.2) is 0 Å². The molecule has 0 aromatic rings. The Kier molecular flexibility index (Phi) is 476. The summed E-state index contributed by atoms with van der Waals surface area (Å²) in [4.78, 5) is 9.17. The summed E-state index contributed by atoms with van der Waals surface area (Å²) in [6.07, 6.45) is 1.52. The van der Waals surface area contributed by atoms with E-state index in [2.05, 4.69) is 12.2 Å². The molecule has 0 aromatic carbocycles. The number of rotatable bonds is 2. The van der Waals surface area contributed by atoms with Gasteiger partial charge in [-0.2, -0.15) is 13.3 Å². The summed E-state index contributed by atoms with van der Waals surface area (Å²) in [6, 6.07) is 0. The molecule has 0 fully saturated rings. The Balaban J connectivity index is -0.00000000492. The second kappa shape index (κ2) is 100. The molecular formula is C9H25NOY2-4. The van der Waals surface area contributed by atoms with Gasteiger partial charge in [0.05, 0.1) is 0 Å². The predicted molar refractivity (Wildman–Crippen MR) is 56.7 cm³/mol. The van der Waals surface area contributed by atoms with Crippen molar-refractivity contribution in [3.05, 3.63) is 21.8 Å². The summed E-state index contributed by atoms with van der Waals surface area (Å²) < 4.78 is 0. The zero-order valence-corrected chi connectivity index (χ0v) is 13.7. The third-order valence-corrected chi connectivity index (χ3v) is 0.249. The molecule has 0 bridgehead atoms. The second-order valence-electron chi connectivity index (χ2n) is 0.632. The number of hydrogen-bond donors (Lipinski definition) is 1. The van der Waals surface area contributed by atoms with Crippen LogP contribution in [0.1, 0.15) is 28.7 Å². The molecule has 0 saturated carbocycles. The van der Waals surface area contributed by atoms with Crippen molar-refractivity contribution in [3.8, 4) is 0 Å². The van der Waals surface area contributed by atoms with Crippen molar-refractivity contribution in [3.63, 3.8) is 0 Å². The number of amides is 1. The van der Waals surface area contributed by atoms with E-state index >= 15 is 0 Å². The maximum atomic E-state index is 9.17. The molecule has 82 valence electrons. The molecule has 0 spiro atoms.